The van der Waals surface area contributed by atoms with Crippen LogP contribution in [0, 0.1) is 0 Å². The van der Waals surface area contributed by atoms with Crippen LogP contribution >= 0.6 is 0 Å². The third-order valence-corrected chi connectivity index (χ3v) is 4.01. The second-order valence-electron chi connectivity index (χ2n) is 4.32. The van der Waals surface area contributed by atoms with Crippen molar-refractivity contribution in [2.24, 2.45) is 0 Å². The first kappa shape index (κ1) is 16.5. The lowest BCUT2D eigenvalue weighted by Gasteiger charge is -2.12. The Hall–Kier alpha value is -1.60. The maximum absolute atomic E-state index is 11.9. The Morgan fingerprint density at radius 3 is 2.70 bits per heavy atom. The van der Waals surface area contributed by atoms with E-state index in [-0.39, 0.29) is 18.6 Å². The molecule has 20 heavy (non-hydrogen) atoms. The second-order valence-corrected chi connectivity index (χ2v) is 6.16. The quantitative estimate of drug-likeness (QED) is 0.674. The molecule has 7 heteroatoms. The van der Waals surface area contributed by atoms with Crippen LogP contribution in [0.4, 0.5) is 5.69 Å². The van der Waals surface area contributed by atoms with E-state index in [0.717, 1.165) is 0 Å². The third-order valence-electron chi connectivity index (χ3n) is 2.65. The lowest BCUT2D eigenvalue weighted by Crippen LogP contribution is -2.18. The molecule has 0 amide bonds. The fourth-order valence-corrected chi connectivity index (χ4v) is 2.83. The summed E-state index contributed by atoms with van der Waals surface area (Å²) in [5, 5.41) is 8.69. The highest BCUT2D eigenvalue weighted by Gasteiger charge is 2.13. The van der Waals surface area contributed by atoms with Gasteiger partial charge in [0.05, 0.1) is 11.4 Å². The molecular formula is C13H19NO5S. The lowest BCUT2D eigenvalue weighted by molar-refractivity contribution is -0.136. The Balaban J connectivity index is 2.73. The molecule has 2 N–H and O–H groups in total. The zero-order valence-corrected chi connectivity index (χ0v) is 12.1. The first-order chi connectivity index (χ1) is 9.44. The number of nitrogens with one attached hydrogen (secondary N) is 1. The van der Waals surface area contributed by atoms with Gasteiger partial charge in [-0.25, -0.2) is 8.42 Å². The smallest absolute Gasteiger partial charge is 0.303 e. The van der Waals surface area contributed by atoms with Crippen LogP contribution in [0.5, 0.6) is 0 Å². The van der Waals surface area contributed by atoms with Gasteiger partial charge in [-0.2, -0.15) is 0 Å². The molecule has 0 bridgehead atoms. The molecule has 0 unspecified atom stereocenters. The minimum atomic E-state index is -3.45. The fraction of sp³-hybridized carbons (Fsp3) is 0.462. The van der Waals surface area contributed by atoms with Gasteiger partial charge < -0.3 is 9.84 Å². The van der Waals surface area contributed by atoms with E-state index in [1.807, 2.05) is 0 Å². The van der Waals surface area contributed by atoms with Crippen LogP contribution in [0.3, 0.4) is 0 Å². The Kier molecular flexibility index (Phi) is 6.47. The van der Waals surface area contributed by atoms with E-state index in [2.05, 4.69) is 4.72 Å². The average molecular weight is 301 g/mol. The molecule has 0 aliphatic heterocycles. The van der Waals surface area contributed by atoms with Crippen LogP contribution < -0.4 is 4.72 Å². The average Bonchev–Trinajstić information content (AvgIpc) is 2.37. The van der Waals surface area contributed by atoms with Crippen LogP contribution in [-0.2, 0) is 26.0 Å². The highest BCUT2D eigenvalue weighted by molar-refractivity contribution is 7.92. The summed E-state index contributed by atoms with van der Waals surface area (Å²) in [6.45, 7) is 0.377. The predicted molar refractivity (Wildman–Crippen MR) is 76.3 cm³/mol. The molecule has 1 aromatic rings. The number of para-hydroxylation sites is 1. The number of aryl methyl sites for hydroxylation is 1. The maximum atomic E-state index is 11.9. The Bertz CT molecular complexity index is 541. The zero-order chi connectivity index (χ0) is 15.0. The van der Waals surface area contributed by atoms with Crippen molar-refractivity contribution in [2.75, 3.05) is 24.2 Å². The van der Waals surface area contributed by atoms with Crippen LogP contribution in [-0.4, -0.2) is 39.0 Å². The van der Waals surface area contributed by atoms with Crippen molar-refractivity contribution < 1.29 is 23.1 Å². The number of carboxylic acids is 1. The topological polar surface area (TPSA) is 92.7 Å². The van der Waals surface area contributed by atoms with E-state index in [0.29, 0.717) is 24.3 Å². The standard InChI is InChI=1S/C13H19NO5S/c1-19-9-4-10-20(17,18)14-12-6-3-2-5-11(12)7-8-13(15)16/h2-3,5-6,14H,4,7-10H2,1H3,(H,15,16). The Morgan fingerprint density at radius 2 is 2.05 bits per heavy atom. The molecule has 0 radical (unpaired) electrons. The van der Waals surface area contributed by atoms with Crippen molar-refractivity contribution in [3.05, 3.63) is 29.8 Å². The molecule has 6 nitrogen and oxygen atoms in total. The van der Waals surface area contributed by atoms with Gasteiger partial charge in [-0.05, 0) is 24.5 Å². The summed E-state index contributed by atoms with van der Waals surface area (Å²) in [5.74, 6) is -0.948. The molecule has 0 aliphatic rings. The summed E-state index contributed by atoms with van der Waals surface area (Å²) in [4.78, 5) is 10.6. The Labute approximate surface area is 118 Å². The second kappa shape index (κ2) is 7.86. The van der Waals surface area contributed by atoms with Gasteiger partial charge in [0.1, 0.15) is 0 Å². The number of hydrogen-bond donors (Lipinski definition) is 2. The van der Waals surface area contributed by atoms with E-state index in [1.54, 1.807) is 24.3 Å². The van der Waals surface area contributed by atoms with Gasteiger partial charge in [-0.15, -0.1) is 0 Å². The number of carboxylic acid groups (broad SMARTS) is 1. The van der Waals surface area contributed by atoms with E-state index < -0.39 is 16.0 Å². The molecule has 0 atom stereocenters. The van der Waals surface area contributed by atoms with Crippen LogP contribution in [0.1, 0.15) is 18.4 Å². The number of benzene rings is 1. The van der Waals surface area contributed by atoms with Crippen LogP contribution in [0.2, 0.25) is 0 Å². The highest BCUT2D eigenvalue weighted by Crippen LogP contribution is 2.18. The number of hydrogen-bond acceptors (Lipinski definition) is 4. The minimum absolute atomic E-state index is 0.0336. The van der Waals surface area contributed by atoms with Gasteiger partial charge in [0, 0.05) is 20.1 Å². The van der Waals surface area contributed by atoms with Gasteiger partial charge in [0.15, 0.2) is 0 Å². The lowest BCUT2D eigenvalue weighted by atomic mass is 10.1. The summed E-state index contributed by atoms with van der Waals surface area (Å²) in [6.07, 6.45) is 0.650. The predicted octanol–water partition coefficient (Wildman–Crippen LogP) is 1.48. The van der Waals surface area contributed by atoms with Gasteiger partial charge in [-0.3, -0.25) is 9.52 Å². The van der Waals surface area contributed by atoms with Gasteiger partial charge >= 0.3 is 5.97 Å². The normalized spacial score (nSPS) is 11.2. The van der Waals surface area contributed by atoms with Crippen molar-refractivity contribution in [1.29, 1.82) is 0 Å². The van der Waals surface area contributed by atoms with Crippen molar-refractivity contribution in [1.82, 2.24) is 0 Å². The number of aliphatic carboxylic acids is 1. The number of ether oxygens (including phenoxy) is 1. The molecule has 0 heterocycles. The van der Waals surface area contributed by atoms with Crippen molar-refractivity contribution >= 4 is 21.7 Å². The summed E-state index contributed by atoms with van der Waals surface area (Å²) in [6, 6.07) is 6.80. The highest BCUT2D eigenvalue weighted by atomic mass is 32.2. The number of anilines is 1. The largest absolute Gasteiger partial charge is 0.481 e. The molecule has 0 saturated heterocycles. The van der Waals surface area contributed by atoms with Crippen molar-refractivity contribution in [3.63, 3.8) is 0 Å². The molecule has 0 aromatic heterocycles. The van der Waals surface area contributed by atoms with Crippen molar-refractivity contribution in [2.45, 2.75) is 19.3 Å². The van der Waals surface area contributed by atoms with Gasteiger partial charge in [0.25, 0.3) is 0 Å². The van der Waals surface area contributed by atoms with Gasteiger partial charge in [-0.1, -0.05) is 18.2 Å². The molecule has 0 spiro atoms. The first-order valence-corrected chi connectivity index (χ1v) is 7.89. The number of methoxy groups -OCH3 is 1. The molecule has 0 aliphatic carbocycles. The summed E-state index contributed by atoms with van der Waals surface area (Å²) >= 11 is 0. The molecule has 1 aromatic carbocycles. The van der Waals surface area contributed by atoms with Crippen LogP contribution in [0.15, 0.2) is 24.3 Å². The van der Waals surface area contributed by atoms with E-state index in [9.17, 15) is 13.2 Å². The molecule has 1 rings (SSSR count). The van der Waals surface area contributed by atoms with E-state index in [4.69, 9.17) is 9.84 Å². The molecule has 0 fully saturated rings. The first-order valence-electron chi connectivity index (χ1n) is 6.24. The zero-order valence-electron chi connectivity index (χ0n) is 11.3. The summed E-state index contributed by atoms with van der Waals surface area (Å²) < 4.78 is 31.1. The van der Waals surface area contributed by atoms with Crippen LogP contribution in [0.25, 0.3) is 0 Å². The van der Waals surface area contributed by atoms with E-state index in [1.165, 1.54) is 7.11 Å². The fourth-order valence-electron chi connectivity index (χ4n) is 1.69. The third kappa shape index (κ3) is 6.03. The number of sulfonamides is 1. The molecule has 0 saturated carbocycles. The minimum Gasteiger partial charge on any atom is -0.481 e. The number of rotatable bonds is 9. The maximum Gasteiger partial charge on any atom is 0.303 e. The van der Waals surface area contributed by atoms with E-state index >= 15 is 0 Å². The molecule has 112 valence electrons. The molecular weight excluding hydrogens is 282 g/mol. The van der Waals surface area contributed by atoms with Gasteiger partial charge in [0.2, 0.25) is 10.0 Å². The summed E-state index contributed by atoms with van der Waals surface area (Å²) in [5.41, 5.74) is 1.11. The SMILES string of the molecule is COCCCS(=O)(=O)Nc1ccccc1CCC(=O)O. The number of carbonyl (C=O) groups is 1. The summed E-state index contributed by atoms with van der Waals surface area (Å²) in [7, 11) is -1.93. The monoisotopic (exact) mass is 301 g/mol. The Morgan fingerprint density at radius 1 is 1.35 bits per heavy atom. The van der Waals surface area contributed by atoms with Crippen molar-refractivity contribution in [3.8, 4) is 0 Å².